The average molecular weight is 363 g/mol. The molecule has 0 bridgehead atoms. The first-order valence-electron chi connectivity index (χ1n) is 6.94. The summed E-state index contributed by atoms with van der Waals surface area (Å²) in [5.74, 6) is 1.31. The monoisotopic (exact) mass is 363 g/mol. The second-order valence-electron chi connectivity index (χ2n) is 4.59. The van der Waals surface area contributed by atoms with Crippen molar-refractivity contribution in [1.82, 2.24) is 15.0 Å². The minimum atomic E-state index is -0.441. The van der Waals surface area contributed by atoms with Crippen molar-refractivity contribution in [3.8, 4) is 5.75 Å². The van der Waals surface area contributed by atoms with Crippen LogP contribution in [0.5, 0.6) is 5.75 Å². The number of thioether (sulfide) groups is 1. The number of hydrogen-bond acceptors (Lipinski definition) is 9. The highest BCUT2D eigenvalue weighted by atomic mass is 32.2. The zero-order valence-corrected chi connectivity index (χ0v) is 14.3. The van der Waals surface area contributed by atoms with Crippen LogP contribution in [0.4, 0.5) is 11.5 Å². The largest absolute Gasteiger partial charge is 0.492 e. The molecular formula is C14H13N5O3S2. The van der Waals surface area contributed by atoms with Crippen LogP contribution in [0.25, 0.3) is 10.3 Å². The zero-order chi connectivity index (χ0) is 16.9. The number of fused-ring (bicyclic) bond motifs is 1. The Kier molecular flexibility index (Phi) is 5.06. The quantitative estimate of drug-likeness (QED) is 0.295. The van der Waals surface area contributed by atoms with Crippen LogP contribution in [-0.2, 0) is 0 Å². The maximum atomic E-state index is 10.6. The number of ether oxygens (including phenoxy) is 1. The molecule has 3 aromatic rings. The van der Waals surface area contributed by atoms with Gasteiger partial charge in [-0.25, -0.2) is 15.0 Å². The third kappa shape index (κ3) is 3.71. The van der Waals surface area contributed by atoms with E-state index in [0.29, 0.717) is 24.5 Å². The van der Waals surface area contributed by atoms with Crippen molar-refractivity contribution < 1.29 is 9.66 Å². The predicted molar refractivity (Wildman–Crippen MR) is 94.1 cm³/mol. The van der Waals surface area contributed by atoms with Crippen molar-refractivity contribution >= 4 is 45.0 Å². The number of nitrogens with one attached hydrogen (secondary N) is 1. The van der Waals surface area contributed by atoms with Crippen molar-refractivity contribution in [3.05, 3.63) is 40.7 Å². The van der Waals surface area contributed by atoms with Gasteiger partial charge < -0.3 is 10.1 Å². The molecular weight excluding hydrogens is 350 g/mol. The van der Waals surface area contributed by atoms with E-state index in [1.807, 2.05) is 6.26 Å². The van der Waals surface area contributed by atoms with Crippen LogP contribution in [0.2, 0.25) is 0 Å². The Morgan fingerprint density at radius 2 is 2.12 bits per heavy atom. The second-order valence-corrected chi connectivity index (χ2v) is 6.64. The molecule has 10 heteroatoms. The van der Waals surface area contributed by atoms with Gasteiger partial charge in [0.15, 0.2) is 9.99 Å². The Labute approximate surface area is 145 Å². The van der Waals surface area contributed by atoms with Gasteiger partial charge in [-0.05, 0) is 18.4 Å². The van der Waals surface area contributed by atoms with E-state index in [2.05, 4.69) is 20.3 Å². The lowest BCUT2D eigenvalue weighted by Gasteiger charge is -2.08. The predicted octanol–water partition coefficient (Wildman–Crippen LogP) is 3.21. The summed E-state index contributed by atoms with van der Waals surface area (Å²) in [6, 6.07) is 5.99. The van der Waals surface area contributed by atoms with Crippen LogP contribution in [0.1, 0.15) is 0 Å². The minimum Gasteiger partial charge on any atom is -0.492 e. The maximum Gasteiger partial charge on any atom is 0.269 e. The van der Waals surface area contributed by atoms with E-state index in [1.54, 1.807) is 35.2 Å². The normalized spacial score (nSPS) is 10.7. The number of hydrogen-bond donors (Lipinski definition) is 1. The van der Waals surface area contributed by atoms with E-state index in [-0.39, 0.29) is 5.69 Å². The van der Waals surface area contributed by atoms with Crippen molar-refractivity contribution in [3.63, 3.8) is 0 Å². The van der Waals surface area contributed by atoms with Crippen molar-refractivity contribution in [1.29, 1.82) is 0 Å². The third-order valence-corrected chi connectivity index (χ3v) is 5.09. The Balaban J connectivity index is 1.56. The number of anilines is 1. The molecule has 3 rings (SSSR count). The van der Waals surface area contributed by atoms with Gasteiger partial charge in [-0.15, -0.1) is 11.3 Å². The number of aromatic nitrogens is 3. The second kappa shape index (κ2) is 7.41. The van der Waals surface area contributed by atoms with Gasteiger partial charge in [-0.1, -0.05) is 11.8 Å². The first kappa shape index (κ1) is 16.4. The molecule has 0 saturated heterocycles. The molecule has 124 valence electrons. The Hall–Kier alpha value is -2.46. The highest BCUT2D eigenvalue weighted by Crippen LogP contribution is 2.30. The summed E-state index contributed by atoms with van der Waals surface area (Å²) in [4.78, 5) is 22.9. The lowest BCUT2D eigenvalue weighted by molar-refractivity contribution is -0.384. The van der Waals surface area contributed by atoms with Gasteiger partial charge in [-0.3, -0.25) is 10.1 Å². The summed E-state index contributed by atoms with van der Waals surface area (Å²) in [5, 5.41) is 13.8. The lowest BCUT2D eigenvalue weighted by atomic mass is 10.3. The van der Waals surface area contributed by atoms with E-state index in [4.69, 9.17) is 4.74 Å². The van der Waals surface area contributed by atoms with E-state index in [1.165, 1.54) is 18.5 Å². The number of rotatable bonds is 7. The van der Waals surface area contributed by atoms with Gasteiger partial charge in [0.05, 0.1) is 11.5 Å². The molecule has 0 amide bonds. The summed E-state index contributed by atoms with van der Waals surface area (Å²) in [7, 11) is 0. The van der Waals surface area contributed by atoms with Crippen molar-refractivity contribution in [2.75, 3.05) is 24.7 Å². The van der Waals surface area contributed by atoms with E-state index in [9.17, 15) is 10.1 Å². The lowest BCUT2D eigenvalue weighted by Crippen LogP contribution is -2.12. The number of nitrogens with zero attached hydrogens (tertiary/aromatic N) is 4. The van der Waals surface area contributed by atoms with E-state index < -0.39 is 4.92 Å². The number of benzene rings is 1. The molecule has 0 atom stereocenters. The summed E-state index contributed by atoms with van der Waals surface area (Å²) in [6.45, 7) is 0.938. The highest BCUT2D eigenvalue weighted by molar-refractivity contribution is 8.00. The van der Waals surface area contributed by atoms with Crippen molar-refractivity contribution in [2.45, 2.75) is 4.34 Å². The van der Waals surface area contributed by atoms with Gasteiger partial charge in [0.25, 0.3) is 5.69 Å². The molecule has 0 aliphatic carbocycles. The topological polar surface area (TPSA) is 103 Å². The summed E-state index contributed by atoms with van der Waals surface area (Å²) in [5.41, 5.74) is 0.719. The smallest absolute Gasteiger partial charge is 0.269 e. The van der Waals surface area contributed by atoms with Gasteiger partial charge in [0, 0.05) is 12.1 Å². The summed E-state index contributed by atoms with van der Waals surface area (Å²) >= 11 is 3.11. The van der Waals surface area contributed by atoms with Crippen LogP contribution in [0.3, 0.4) is 0 Å². The minimum absolute atomic E-state index is 0.0404. The molecule has 0 spiro atoms. The molecule has 0 aliphatic heterocycles. The van der Waals surface area contributed by atoms with Crippen LogP contribution in [-0.4, -0.2) is 39.3 Å². The zero-order valence-electron chi connectivity index (χ0n) is 12.6. The first-order valence-corrected chi connectivity index (χ1v) is 8.98. The molecule has 1 N–H and O–H groups in total. The number of nitro groups is 1. The van der Waals surface area contributed by atoms with Gasteiger partial charge in [0.2, 0.25) is 0 Å². The SMILES string of the molecule is CSc1nc2ncnc(NCCOc3ccc([N+](=O)[O-])cc3)c2s1. The molecule has 8 nitrogen and oxygen atoms in total. The molecule has 24 heavy (non-hydrogen) atoms. The molecule has 0 fully saturated rings. The molecule has 0 saturated carbocycles. The summed E-state index contributed by atoms with van der Waals surface area (Å²) in [6.07, 6.45) is 3.45. The average Bonchev–Trinajstić information content (AvgIpc) is 3.03. The van der Waals surface area contributed by atoms with E-state index in [0.717, 1.165) is 14.9 Å². The van der Waals surface area contributed by atoms with Crippen LogP contribution in [0, 0.1) is 10.1 Å². The highest BCUT2D eigenvalue weighted by Gasteiger charge is 2.09. The standard InChI is InChI=1S/C14H13N5O3S2/c1-23-14-18-13-11(24-14)12(16-8-17-13)15-6-7-22-10-4-2-9(3-5-10)19(20)21/h2-5,8H,6-7H2,1H3,(H,15,16,17). The van der Waals surface area contributed by atoms with E-state index >= 15 is 0 Å². The fourth-order valence-electron chi connectivity index (χ4n) is 1.95. The number of nitro benzene ring substituents is 1. The van der Waals surface area contributed by atoms with Crippen LogP contribution in [0.15, 0.2) is 34.9 Å². The van der Waals surface area contributed by atoms with Crippen molar-refractivity contribution in [2.24, 2.45) is 0 Å². The third-order valence-electron chi connectivity index (χ3n) is 3.06. The first-order chi connectivity index (χ1) is 11.7. The van der Waals surface area contributed by atoms with Gasteiger partial charge in [-0.2, -0.15) is 0 Å². The Morgan fingerprint density at radius 1 is 1.33 bits per heavy atom. The summed E-state index contributed by atoms with van der Waals surface area (Å²) < 4.78 is 7.41. The fourth-order valence-corrected chi connectivity index (χ4v) is 3.43. The van der Waals surface area contributed by atoms with Gasteiger partial charge in [0.1, 0.15) is 29.2 Å². The fraction of sp³-hybridized carbons (Fsp3) is 0.214. The van der Waals surface area contributed by atoms with Crippen LogP contribution < -0.4 is 10.1 Å². The van der Waals surface area contributed by atoms with Crippen LogP contribution >= 0.6 is 23.1 Å². The Bertz CT molecular complexity index is 853. The molecule has 2 heterocycles. The molecule has 0 radical (unpaired) electrons. The number of thiazole rings is 1. The maximum absolute atomic E-state index is 10.6. The Morgan fingerprint density at radius 3 is 2.83 bits per heavy atom. The number of non-ortho nitro benzene ring substituents is 1. The molecule has 2 aromatic heterocycles. The van der Waals surface area contributed by atoms with Gasteiger partial charge >= 0.3 is 0 Å². The molecule has 0 aliphatic rings. The molecule has 1 aromatic carbocycles. The molecule has 0 unspecified atom stereocenters.